The quantitative estimate of drug-likeness (QED) is 0.592. The Kier molecular flexibility index (Phi) is 5.30. The van der Waals surface area contributed by atoms with Crippen LogP contribution in [0.3, 0.4) is 0 Å². The van der Waals surface area contributed by atoms with Gasteiger partial charge in [-0.15, -0.1) is 0 Å². The molecule has 0 aliphatic heterocycles. The van der Waals surface area contributed by atoms with Crippen LogP contribution in [0.4, 0.5) is 17.5 Å². The van der Waals surface area contributed by atoms with Gasteiger partial charge in [0.15, 0.2) is 0 Å². The highest BCUT2D eigenvalue weighted by atomic mass is 16.6. The number of hydrogen-bond acceptors (Lipinski definition) is 6. The summed E-state index contributed by atoms with van der Waals surface area (Å²) in [5.41, 5.74) is 0.359. The minimum atomic E-state index is -0.414. The zero-order valence-corrected chi connectivity index (χ0v) is 12.7. The molecule has 0 bridgehead atoms. The van der Waals surface area contributed by atoms with Crippen molar-refractivity contribution in [2.75, 3.05) is 23.7 Å². The van der Waals surface area contributed by atoms with Crippen LogP contribution in [0.15, 0.2) is 0 Å². The summed E-state index contributed by atoms with van der Waals surface area (Å²) >= 11 is 0. The maximum atomic E-state index is 11.2. The number of nitro groups is 1. The predicted molar refractivity (Wildman–Crippen MR) is 82.7 cm³/mol. The van der Waals surface area contributed by atoms with E-state index in [2.05, 4.69) is 20.6 Å². The highest BCUT2D eigenvalue weighted by molar-refractivity contribution is 5.60. The van der Waals surface area contributed by atoms with Crippen molar-refractivity contribution < 1.29 is 4.92 Å². The van der Waals surface area contributed by atoms with Crippen molar-refractivity contribution in [1.82, 2.24) is 9.97 Å². The Morgan fingerprint density at radius 3 is 2.62 bits per heavy atom. The molecule has 0 amide bonds. The first-order valence-corrected chi connectivity index (χ1v) is 7.62. The van der Waals surface area contributed by atoms with Gasteiger partial charge in [-0.25, -0.2) is 4.98 Å². The van der Waals surface area contributed by atoms with Crippen molar-refractivity contribution in [3.05, 3.63) is 15.8 Å². The fraction of sp³-hybridized carbons (Fsp3) is 0.714. The molecule has 2 N–H and O–H groups in total. The molecule has 1 aromatic heterocycles. The van der Waals surface area contributed by atoms with Gasteiger partial charge in [0.1, 0.15) is 5.69 Å². The first kappa shape index (κ1) is 15.5. The molecule has 21 heavy (non-hydrogen) atoms. The largest absolute Gasteiger partial charge is 0.364 e. The zero-order chi connectivity index (χ0) is 15.2. The van der Waals surface area contributed by atoms with E-state index in [1.807, 2.05) is 6.92 Å². The van der Waals surface area contributed by atoms with Gasteiger partial charge >= 0.3 is 5.69 Å². The highest BCUT2D eigenvalue weighted by Crippen LogP contribution is 2.29. The third-order valence-electron chi connectivity index (χ3n) is 3.90. The smallest absolute Gasteiger partial charge is 0.332 e. The van der Waals surface area contributed by atoms with Crippen molar-refractivity contribution in [2.45, 2.75) is 46.0 Å². The van der Waals surface area contributed by atoms with Crippen LogP contribution in [-0.4, -0.2) is 28.0 Å². The molecule has 2 rings (SSSR count). The lowest BCUT2D eigenvalue weighted by molar-refractivity contribution is -0.385. The summed E-state index contributed by atoms with van der Waals surface area (Å²) in [5, 5.41) is 17.3. The van der Waals surface area contributed by atoms with Crippen LogP contribution < -0.4 is 10.6 Å². The summed E-state index contributed by atoms with van der Waals surface area (Å²) in [6, 6.07) is 0. The van der Waals surface area contributed by atoms with E-state index in [9.17, 15) is 10.1 Å². The number of hydrogen-bond donors (Lipinski definition) is 2. The lowest BCUT2D eigenvalue weighted by Crippen LogP contribution is -2.13. The van der Waals surface area contributed by atoms with Crippen molar-refractivity contribution in [2.24, 2.45) is 5.92 Å². The predicted octanol–water partition coefficient (Wildman–Crippen LogP) is 3.12. The van der Waals surface area contributed by atoms with Gasteiger partial charge in [0.05, 0.1) is 4.92 Å². The second-order valence-electron chi connectivity index (χ2n) is 5.48. The van der Waals surface area contributed by atoms with Gasteiger partial charge in [0.25, 0.3) is 0 Å². The van der Waals surface area contributed by atoms with Crippen molar-refractivity contribution in [3.8, 4) is 0 Å². The summed E-state index contributed by atoms with van der Waals surface area (Å²) in [6.07, 6.45) is 6.20. The molecule has 0 spiro atoms. The van der Waals surface area contributed by atoms with Gasteiger partial charge in [0, 0.05) is 13.1 Å². The molecule has 0 atom stereocenters. The Balaban J connectivity index is 2.08. The number of aryl methyl sites for hydroxylation is 1. The molecule has 1 aromatic rings. The van der Waals surface area contributed by atoms with Gasteiger partial charge < -0.3 is 10.6 Å². The van der Waals surface area contributed by atoms with Crippen LogP contribution in [-0.2, 0) is 0 Å². The van der Waals surface area contributed by atoms with Crippen LogP contribution in [0.25, 0.3) is 0 Å². The third kappa shape index (κ3) is 4.03. The second-order valence-corrected chi connectivity index (χ2v) is 5.48. The van der Waals surface area contributed by atoms with Crippen LogP contribution in [0.5, 0.6) is 0 Å². The van der Waals surface area contributed by atoms with E-state index in [4.69, 9.17) is 0 Å². The number of nitrogens with one attached hydrogen (secondary N) is 2. The monoisotopic (exact) mass is 293 g/mol. The Labute approximate surface area is 124 Å². The average molecular weight is 293 g/mol. The number of aromatic nitrogens is 2. The fourth-order valence-electron chi connectivity index (χ4n) is 2.84. The SMILES string of the molecule is CCNc1nc(C)c([N+](=O)[O-])c(NCCC2CCCC2)n1. The maximum absolute atomic E-state index is 11.2. The van der Waals surface area contributed by atoms with E-state index in [1.165, 1.54) is 25.7 Å². The molecule has 0 radical (unpaired) electrons. The summed E-state index contributed by atoms with van der Waals surface area (Å²) in [6.45, 7) is 4.97. The molecule has 1 fully saturated rings. The molecule has 1 aliphatic rings. The maximum Gasteiger partial charge on any atom is 0.332 e. The fourth-order valence-corrected chi connectivity index (χ4v) is 2.84. The zero-order valence-electron chi connectivity index (χ0n) is 12.7. The van der Waals surface area contributed by atoms with E-state index in [-0.39, 0.29) is 5.69 Å². The van der Waals surface area contributed by atoms with Gasteiger partial charge in [0.2, 0.25) is 11.8 Å². The van der Waals surface area contributed by atoms with Crippen molar-refractivity contribution in [1.29, 1.82) is 0 Å². The van der Waals surface area contributed by atoms with E-state index >= 15 is 0 Å². The highest BCUT2D eigenvalue weighted by Gasteiger charge is 2.22. The summed E-state index contributed by atoms with van der Waals surface area (Å²) in [4.78, 5) is 19.1. The van der Waals surface area contributed by atoms with Crippen molar-refractivity contribution >= 4 is 17.5 Å². The molecule has 0 aromatic carbocycles. The van der Waals surface area contributed by atoms with E-state index in [1.54, 1.807) is 6.92 Å². The molecule has 1 aliphatic carbocycles. The first-order chi connectivity index (χ1) is 10.1. The summed E-state index contributed by atoms with van der Waals surface area (Å²) in [5.74, 6) is 1.50. The van der Waals surface area contributed by atoms with Gasteiger partial charge in [-0.1, -0.05) is 25.7 Å². The van der Waals surface area contributed by atoms with Crippen LogP contribution in [0, 0.1) is 23.0 Å². The molecule has 0 unspecified atom stereocenters. The standard InChI is InChI=1S/C14H23N5O2/c1-3-15-14-17-10(2)12(19(20)21)13(18-14)16-9-8-11-6-4-5-7-11/h11H,3-9H2,1-2H3,(H2,15,16,17,18). The molecule has 0 saturated heterocycles. The molecule has 7 heteroatoms. The minimum absolute atomic E-state index is 0.0249. The molecular formula is C14H23N5O2. The number of rotatable bonds is 7. The van der Waals surface area contributed by atoms with E-state index in [0.29, 0.717) is 30.5 Å². The van der Waals surface area contributed by atoms with Crippen LogP contribution in [0.1, 0.15) is 44.7 Å². The molecular weight excluding hydrogens is 270 g/mol. The summed E-state index contributed by atoms with van der Waals surface area (Å²) < 4.78 is 0. The van der Waals surface area contributed by atoms with Gasteiger partial charge in [-0.05, 0) is 26.2 Å². The molecule has 1 saturated carbocycles. The molecule has 116 valence electrons. The van der Waals surface area contributed by atoms with Crippen molar-refractivity contribution in [3.63, 3.8) is 0 Å². The van der Waals surface area contributed by atoms with Crippen LogP contribution >= 0.6 is 0 Å². The topological polar surface area (TPSA) is 93.0 Å². The third-order valence-corrected chi connectivity index (χ3v) is 3.90. The lowest BCUT2D eigenvalue weighted by atomic mass is 10.0. The normalized spacial score (nSPS) is 15.1. The van der Waals surface area contributed by atoms with E-state index < -0.39 is 4.92 Å². The van der Waals surface area contributed by atoms with Gasteiger partial charge in [-0.3, -0.25) is 10.1 Å². The number of anilines is 2. The Morgan fingerprint density at radius 1 is 1.29 bits per heavy atom. The second kappa shape index (κ2) is 7.19. The lowest BCUT2D eigenvalue weighted by Gasteiger charge is -2.12. The Hall–Kier alpha value is -1.92. The van der Waals surface area contributed by atoms with Crippen LogP contribution in [0.2, 0.25) is 0 Å². The average Bonchev–Trinajstić information content (AvgIpc) is 2.91. The Bertz CT molecular complexity index is 500. The van der Waals surface area contributed by atoms with Gasteiger partial charge in [-0.2, -0.15) is 4.98 Å². The Morgan fingerprint density at radius 2 is 2.00 bits per heavy atom. The number of nitrogens with zero attached hydrogens (tertiary/aromatic N) is 3. The first-order valence-electron chi connectivity index (χ1n) is 7.62. The minimum Gasteiger partial charge on any atom is -0.364 e. The van der Waals surface area contributed by atoms with E-state index in [0.717, 1.165) is 12.3 Å². The molecule has 7 nitrogen and oxygen atoms in total. The molecule has 1 heterocycles. The summed E-state index contributed by atoms with van der Waals surface area (Å²) in [7, 11) is 0.